The molecule has 2 aliphatic heterocycles. The second kappa shape index (κ2) is 39.6. The molecule has 2 heterocycles. The van der Waals surface area contributed by atoms with Crippen LogP contribution in [0.2, 0.25) is 0 Å². The molecule has 0 radical (unpaired) electrons. The minimum atomic E-state index is -1.78. The Bertz CT molecular complexity index is 1460. The first kappa shape index (κ1) is 61.1. The summed E-state index contributed by atoms with van der Waals surface area (Å²) in [6, 6.07) is 0. The van der Waals surface area contributed by atoms with Crippen molar-refractivity contribution in [1.29, 1.82) is 0 Å². The summed E-state index contributed by atoms with van der Waals surface area (Å²) in [5.74, 6) is -1.01. The van der Waals surface area contributed by atoms with Gasteiger partial charge in [-0.3, -0.25) is 9.59 Å². The van der Waals surface area contributed by atoms with E-state index in [0.717, 1.165) is 70.6 Å². The SMILES string of the molecule is CCC/C=C/C/C=C/C/C=C/C/C=C/CCCCCC(=O)O[C@H](COC(=O)CCCC/C=C/C/C=C/CCCCCCCC)CO[C@H]1O[C@@H](CO[C@H]2O[C@@H](CO)[C@@H](O)C(O)C2O)[C@@H](O)C(O)C1O. The molecule has 390 valence electrons. The lowest BCUT2D eigenvalue weighted by molar-refractivity contribution is -0.332. The largest absolute Gasteiger partial charge is 0.462 e. The molecule has 0 aromatic heterocycles. The van der Waals surface area contributed by atoms with Gasteiger partial charge >= 0.3 is 11.9 Å². The molecule has 7 N–H and O–H groups in total. The summed E-state index contributed by atoms with van der Waals surface area (Å²) in [7, 11) is 0. The summed E-state index contributed by atoms with van der Waals surface area (Å²) in [6.07, 6.45) is 29.3. The van der Waals surface area contributed by atoms with Crippen LogP contribution in [0.25, 0.3) is 0 Å². The van der Waals surface area contributed by atoms with Crippen molar-refractivity contribution >= 4 is 11.9 Å². The van der Waals surface area contributed by atoms with E-state index < -0.39 is 99.3 Å². The molecule has 2 rings (SSSR count). The van der Waals surface area contributed by atoms with E-state index in [-0.39, 0.29) is 19.4 Å². The molecule has 15 heteroatoms. The maximum Gasteiger partial charge on any atom is 0.306 e. The van der Waals surface area contributed by atoms with Crippen molar-refractivity contribution in [3.05, 3.63) is 72.9 Å². The fourth-order valence-electron chi connectivity index (χ4n) is 7.41. The highest BCUT2D eigenvalue weighted by Crippen LogP contribution is 2.26. The first-order valence-corrected chi connectivity index (χ1v) is 25.5. The quantitative estimate of drug-likeness (QED) is 0.0187. The maximum absolute atomic E-state index is 13.0. The molecule has 68 heavy (non-hydrogen) atoms. The summed E-state index contributed by atoms with van der Waals surface area (Å²) in [5.41, 5.74) is 0. The molecule has 15 nitrogen and oxygen atoms in total. The molecule has 2 saturated heterocycles. The van der Waals surface area contributed by atoms with Gasteiger partial charge in [0.1, 0.15) is 55.4 Å². The van der Waals surface area contributed by atoms with E-state index in [1.165, 1.54) is 44.9 Å². The van der Waals surface area contributed by atoms with Gasteiger partial charge in [-0.15, -0.1) is 0 Å². The zero-order valence-electron chi connectivity index (χ0n) is 41.1. The standard InChI is InChI=1S/C53H88O15/c1-3-5-7-9-11-13-15-17-19-20-22-24-26-28-30-32-34-36-45(56)66-41(38-63-44(55)35-33-31-29-27-25-23-21-18-16-14-12-10-8-6-4-2)39-64-52-51(62)49(60)47(58)43(68-52)40-65-53-50(61)48(59)46(57)42(37-54)67-53/h7,9,13,15,18-21,24-27,41-43,46-54,57-62H,3-6,8,10-12,14,16-17,22-23,28-40H2,1-2H3/b9-7+,15-13+,20-19+,21-18+,26-24+,27-25+/t41-,42+,43+,46-,47-,48?,49?,50?,51?,52+,53+/m1/s1. The number of aliphatic hydroxyl groups excluding tert-OH is 7. The Morgan fingerprint density at radius 2 is 0.912 bits per heavy atom. The van der Waals surface area contributed by atoms with Gasteiger partial charge in [0.05, 0.1) is 19.8 Å². The second-order valence-corrected chi connectivity index (χ2v) is 17.6. The normalized spacial score (nSPS) is 26.4. The van der Waals surface area contributed by atoms with Crippen molar-refractivity contribution in [2.45, 2.75) is 223 Å². The lowest BCUT2D eigenvalue weighted by atomic mass is 9.98. The zero-order chi connectivity index (χ0) is 49.6. The highest BCUT2D eigenvalue weighted by molar-refractivity contribution is 5.70. The molecule has 4 unspecified atom stereocenters. The summed E-state index contributed by atoms with van der Waals surface area (Å²) >= 11 is 0. The van der Waals surface area contributed by atoms with Crippen LogP contribution >= 0.6 is 0 Å². The van der Waals surface area contributed by atoms with E-state index in [0.29, 0.717) is 12.8 Å². The molecule has 0 bridgehead atoms. The van der Waals surface area contributed by atoms with Crippen LogP contribution in [-0.4, -0.2) is 142 Å². The Morgan fingerprint density at radius 3 is 1.47 bits per heavy atom. The van der Waals surface area contributed by atoms with Crippen LogP contribution in [0.4, 0.5) is 0 Å². The Labute approximate surface area is 406 Å². The highest BCUT2D eigenvalue weighted by atomic mass is 16.7. The van der Waals surface area contributed by atoms with Crippen LogP contribution in [0, 0.1) is 0 Å². The molecule has 0 amide bonds. The fourth-order valence-corrected chi connectivity index (χ4v) is 7.41. The first-order valence-electron chi connectivity index (χ1n) is 25.5. The molecule has 2 aliphatic rings. The Hall–Kier alpha value is -3.06. The van der Waals surface area contributed by atoms with Gasteiger partial charge in [0.2, 0.25) is 0 Å². The van der Waals surface area contributed by atoms with Gasteiger partial charge in [-0.1, -0.05) is 132 Å². The lowest BCUT2D eigenvalue weighted by Gasteiger charge is -2.42. The fraction of sp³-hybridized carbons (Fsp3) is 0.736. The number of rotatable bonds is 38. The highest BCUT2D eigenvalue weighted by Gasteiger charge is 2.47. The topological polar surface area (TPSA) is 231 Å². The number of carbonyl (C=O) groups is 2. The van der Waals surface area contributed by atoms with Crippen molar-refractivity contribution in [1.82, 2.24) is 0 Å². The van der Waals surface area contributed by atoms with E-state index in [9.17, 15) is 45.3 Å². The molecule has 11 atom stereocenters. The smallest absolute Gasteiger partial charge is 0.306 e. The average Bonchev–Trinajstić information content (AvgIpc) is 3.33. The van der Waals surface area contributed by atoms with Crippen LogP contribution in [0.15, 0.2) is 72.9 Å². The van der Waals surface area contributed by atoms with Crippen LogP contribution in [0.5, 0.6) is 0 Å². The maximum atomic E-state index is 13.0. The number of ether oxygens (including phenoxy) is 6. The third kappa shape index (κ3) is 27.4. The van der Waals surface area contributed by atoms with Gasteiger partial charge in [-0.2, -0.15) is 0 Å². The van der Waals surface area contributed by atoms with E-state index in [1.807, 2.05) is 0 Å². The van der Waals surface area contributed by atoms with E-state index in [2.05, 4.69) is 86.8 Å². The average molecular weight is 965 g/mol. The summed E-state index contributed by atoms with van der Waals surface area (Å²) in [6.45, 7) is 2.43. The Kier molecular flexibility index (Phi) is 35.6. The van der Waals surface area contributed by atoms with E-state index in [1.54, 1.807) is 0 Å². The van der Waals surface area contributed by atoms with Crippen molar-refractivity contribution in [2.24, 2.45) is 0 Å². The zero-order valence-corrected chi connectivity index (χ0v) is 41.1. The molecule has 0 spiro atoms. The number of aliphatic hydroxyl groups is 7. The van der Waals surface area contributed by atoms with Crippen LogP contribution < -0.4 is 0 Å². The number of esters is 2. The van der Waals surface area contributed by atoms with Crippen molar-refractivity contribution in [3.8, 4) is 0 Å². The third-order valence-electron chi connectivity index (χ3n) is 11.6. The van der Waals surface area contributed by atoms with Gasteiger partial charge in [0.15, 0.2) is 18.7 Å². The second-order valence-electron chi connectivity index (χ2n) is 17.6. The molecular weight excluding hydrogens is 877 g/mol. The number of allylic oxidation sites excluding steroid dienone is 12. The Morgan fingerprint density at radius 1 is 0.471 bits per heavy atom. The van der Waals surface area contributed by atoms with Crippen LogP contribution in [0.3, 0.4) is 0 Å². The predicted octanol–water partition coefficient (Wildman–Crippen LogP) is 7.04. The van der Waals surface area contributed by atoms with Gasteiger partial charge in [-0.05, 0) is 83.5 Å². The first-order chi connectivity index (χ1) is 33.0. The molecule has 0 aromatic carbocycles. The lowest BCUT2D eigenvalue weighted by Crippen LogP contribution is -2.61. The summed E-state index contributed by atoms with van der Waals surface area (Å²) < 4.78 is 33.5. The number of unbranched alkanes of at least 4 members (excludes halogenated alkanes) is 12. The van der Waals surface area contributed by atoms with Crippen LogP contribution in [-0.2, 0) is 38.0 Å². The monoisotopic (exact) mass is 965 g/mol. The predicted molar refractivity (Wildman–Crippen MR) is 261 cm³/mol. The van der Waals surface area contributed by atoms with Crippen LogP contribution in [0.1, 0.15) is 155 Å². The van der Waals surface area contributed by atoms with Gasteiger partial charge < -0.3 is 64.2 Å². The molecule has 0 saturated carbocycles. The number of hydrogen-bond donors (Lipinski definition) is 7. The number of hydrogen-bond acceptors (Lipinski definition) is 15. The molecule has 0 aliphatic carbocycles. The summed E-state index contributed by atoms with van der Waals surface area (Å²) in [4.78, 5) is 25.7. The minimum Gasteiger partial charge on any atom is -0.462 e. The number of carbonyl (C=O) groups excluding carboxylic acids is 2. The van der Waals surface area contributed by atoms with Crippen molar-refractivity contribution in [2.75, 3.05) is 26.4 Å². The van der Waals surface area contributed by atoms with Gasteiger partial charge in [0, 0.05) is 12.8 Å². The Balaban J connectivity index is 1.85. The summed E-state index contributed by atoms with van der Waals surface area (Å²) in [5, 5.41) is 72.1. The van der Waals surface area contributed by atoms with E-state index in [4.69, 9.17) is 28.4 Å². The molecule has 2 fully saturated rings. The van der Waals surface area contributed by atoms with E-state index >= 15 is 0 Å². The van der Waals surface area contributed by atoms with Gasteiger partial charge in [-0.25, -0.2) is 0 Å². The minimum absolute atomic E-state index is 0.117. The van der Waals surface area contributed by atoms with Crippen molar-refractivity contribution < 1.29 is 73.8 Å². The van der Waals surface area contributed by atoms with Crippen molar-refractivity contribution in [3.63, 3.8) is 0 Å². The van der Waals surface area contributed by atoms with Gasteiger partial charge in [0.25, 0.3) is 0 Å². The molecular formula is C53H88O15. The molecule has 0 aromatic rings. The third-order valence-corrected chi connectivity index (χ3v) is 11.6.